The number of Topliss-reactive ketones (excluding diaryl/α,β-unsaturated/α-hetero) is 1. The molecule has 0 saturated heterocycles. The van der Waals surface area contributed by atoms with Crippen molar-refractivity contribution in [2.75, 3.05) is 12.4 Å². The molecule has 0 radical (unpaired) electrons. The zero-order valence-electron chi connectivity index (χ0n) is 17.3. The Kier molecular flexibility index (Phi) is 6.43. The third-order valence-electron chi connectivity index (χ3n) is 4.81. The summed E-state index contributed by atoms with van der Waals surface area (Å²) in [6.07, 6.45) is 1.63. The lowest BCUT2D eigenvalue weighted by atomic mass is 10.1. The molecule has 0 spiro atoms. The van der Waals surface area contributed by atoms with Crippen LogP contribution in [0.2, 0.25) is 5.02 Å². The van der Waals surface area contributed by atoms with Crippen molar-refractivity contribution < 1.29 is 14.3 Å². The Bertz CT molecular complexity index is 1130. The number of carbonyl (C=O) groups excluding carboxylic acids is 2. The summed E-state index contributed by atoms with van der Waals surface area (Å²) >= 11 is 6.14. The second-order valence-electron chi connectivity index (χ2n) is 6.94. The van der Waals surface area contributed by atoms with E-state index in [4.69, 9.17) is 16.3 Å². The molecule has 154 valence electrons. The molecule has 0 fully saturated rings. The van der Waals surface area contributed by atoms with Crippen molar-refractivity contribution in [1.29, 1.82) is 0 Å². The van der Waals surface area contributed by atoms with E-state index in [2.05, 4.69) is 5.32 Å². The number of aryl methyl sites for hydroxylation is 1. The van der Waals surface area contributed by atoms with Crippen LogP contribution < -0.4 is 10.1 Å². The lowest BCUT2D eigenvalue weighted by Crippen LogP contribution is -2.18. The molecule has 30 heavy (non-hydrogen) atoms. The van der Waals surface area contributed by atoms with Gasteiger partial charge in [-0.05, 0) is 80.9 Å². The van der Waals surface area contributed by atoms with E-state index in [9.17, 15) is 9.59 Å². The van der Waals surface area contributed by atoms with Crippen molar-refractivity contribution in [3.63, 3.8) is 0 Å². The molecular formula is C24H23ClN2O3. The van der Waals surface area contributed by atoms with Gasteiger partial charge in [-0.15, -0.1) is 0 Å². The van der Waals surface area contributed by atoms with Crippen LogP contribution in [0, 0.1) is 13.8 Å². The summed E-state index contributed by atoms with van der Waals surface area (Å²) < 4.78 is 7.16. The van der Waals surface area contributed by atoms with E-state index in [0.717, 1.165) is 22.6 Å². The fraction of sp³-hybridized carbons (Fsp3) is 0.167. The van der Waals surface area contributed by atoms with Crippen molar-refractivity contribution in [2.24, 2.45) is 0 Å². The van der Waals surface area contributed by atoms with Crippen LogP contribution >= 0.6 is 11.6 Å². The van der Waals surface area contributed by atoms with E-state index in [1.54, 1.807) is 37.5 Å². The van der Waals surface area contributed by atoms with Gasteiger partial charge in [0.05, 0.1) is 12.7 Å². The van der Waals surface area contributed by atoms with Gasteiger partial charge in [0, 0.05) is 27.8 Å². The number of anilines is 1. The smallest absolute Gasteiger partial charge is 0.259 e. The summed E-state index contributed by atoms with van der Waals surface area (Å²) in [5, 5.41) is 3.41. The van der Waals surface area contributed by atoms with Crippen molar-refractivity contribution in [3.8, 4) is 11.4 Å². The molecule has 1 aromatic heterocycles. The first-order chi connectivity index (χ1) is 14.3. The number of nitrogens with one attached hydrogen (secondary N) is 1. The molecule has 2 aromatic carbocycles. The number of methoxy groups -OCH3 is 1. The van der Waals surface area contributed by atoms with Gasteiger partial charge in [0.25, 0.3) is 5.91 Å². The standard InChI is InChI=1S/C24H23ClN2O3/c1-15-12-18(16(2)27(15)21-7-5-6-19(25)14-21)13-23(17(3)28)24(29)26-20-8-10-22(30-4)11-9-20/h5-14H,1-4H3,(H,26,29)/b23-13+. The number of hydrogen-bond acceptors (Lipinski definition) is 3. The Balaban J connectivity index is 1.94. The predicted octanol–water partition coefficient (Wildman–Crippen LogP) is 5.37. The average Bonchev–Trinajstić information content (AvgIpc) is 2.99. The van der Waals surface area contributed by atoms with Crippen LogP contribution in [0.15, 0.2) is 60.2 Å². The number of amides is 1. The molecule has 1 heterocycles. The number of benzene rings is 2. The van der Waals surface area contributed by atoms with Gasteiger partial charge in [0.1, 0.15) is 5.75 Å². The number of ether oxygens (including phenoxy) is 1. The number of rotatable bonds is 6. The van der Waals surface area contributed by atoms with Gasteiger partial charge in [-0.3, -0.25) is 9.59 Å². The summed E-state index contributed by atoms with van der Waals surface area (Å²) in [6.45, 7) is 5.30. The summed E-state index contributed by atoms with van der Waals surface area (Å²) in [4.78, 5) is 25.0. The number of aromatic nitrogens is 1. The number of ketones is 1. The highest BCUT2D eigenvalue weighted by Gasteiger charge is 2.17. The van der Waals surface area contributed by atoms with Crippen molar-refractivity contribution in [2.45, 2.75) is 20.8 Å². The van der Waals surface area contributed by atoms with Gasteiger partial charge in [-0.25, -0.2) is 0 Å². The molecule has 0 saturated carbocycles. The Labute approximate surface area is 180 Å². The molecule has 0 atom stereocenters. The van der Waals surface area contributed by atoms with Gasteiger partial charge in [0.15, 0.2) is 5.78 Å². The molecule has 0 aliphatic carbocycles. The minimum absolute atomic E-state index is 0.0807. The molecule has 0 unspecified atom stereocenters. The number of nitrogens with zero attached hydrogens (tertiary/aromatic N) is 1. The third-order valence-corrected chi connectivity index (χ3v) is 5.04. The van der Waals surface area contributed by atoms with E-state index < -0.39 is 5.91 Å². The van der Waals surface area contributed by atoms with Crippen LogP contribution in [0.4, 0.5) is 5.69 Å². The summed E-state index contributed by atoms with van der Waals surface area (Å²) in [5.74, 6) is -0.0856. The first-order valence-corrected chi connectivity index (χ1v) is 9.81. The highest BCUT2D eigenvalue weighted by Crippen LogP contribution is 2.25. The first kappa shape index (κ1) is 21.4. The van der Waals surface area contributed by atoms with Crippen LogP contribution in [0.1, 0.15) is 23.9 Å². The van der Waals surface area contributed by atoms with Crippen molar-refractivity contribution in [1.82, 2.24) is 4.57 Å². The monoisotopic (exact) mass is 422 g/mol. The largest absolute Gasteiger partial charge is 0.497 e. The molecular weight excluding hydrogens is 400 g/mol. The molecule has 3 rings (SSSR count). The third kappa shape index (κ3) is 4.63. The lowest BCUT2D eigenvalue weighted by molar-refractivity contribution is -0.118. The zero-order chi connectivity index (χ0) is 21.8. The predicted molar refractivity (Wildman–Crippen MR) is 121 cm³/mol. The van der Waals surface area contributed by atoms with Crippen LogP contribution in [0.25, 0.3) is 11.8 Å². The fourth-order valence-corrected chi connectivity index (χ4v) is 3.49. The quantitative estimate of drug-likeness (QED) is 0.330. The van der Waals surface area contributed by atoms with Gasteiger partial charge >= 0.3 is 0 Å². The molecule has 1 N–H and O–H groups in total. The molecule has 3 aromatic rings. The first-order valence-electron chi connectivity index (χ1n) is 9.43. The van der Waals surface area contributed by atoms with E-state index in [0.29, 0.717) is 16.5 Å². The van der Waals surface area contributed by atoms with Gasteiger partial charge < -0.3 is 14.6 Å². The van der Waals surface area contributed by atoms with E-state index in [-0.39, 0.29) is 11.4 Å². The maximum atomic E-state index is 12.8. The zero-order valence-corrected chi connectivity index (χ0v) is 18.1. The fourth-order valence-electron chi connectivity index (χ4n) is 3.30. The van der Waals surface area contributed by atoms with Crippen LogP contribution in [-0.2, 0) is 9.59 Å². The Hall–Kier alpha value is -3.31. The minimum atomic E-state index is -0.458. The second-order valence-corrected chi connectivity index (χ2v) is 7.38. The van der Waals surface area contributed by atoms with Gasteiger partial charge in [0.2, 0.25) is 0 Å². The SMILES string of the molecule is COc1ccc(NC(=O)/C(=C/c2cc(C)n(-c3cccc(Cl)c3)c2C)C(C)=O)cc1. The molecule has 0 bridgehead atoms. The highest BCUT2D eigenvalue weighted by atomic mass is 35.5. The topological polar surface area (TPSA) is 60.3 Å². The molecule has 6 heteroatoms. The van der Waals surface area contributed by atoms with E-state index >= 15 is 0 Å². The average molecular weight is 423 g/mol. The summed E-state index contributed by atoms with van der Waals surface area (Å²) in [5.41, 5.74) is 4.26. The summed E-state index contributed by atoms with van der Waals surface area (Å²) in [6, 6.07) is 16.4. The molecule has 0 aliphatic heterocycles. The molecule has 0 aliphatic rings. The molecule has 1 amide bonds. The van der Waals surface area contributed by atoms with Crippen LogP contribution in [-0.4, -0.2) is 23.4 Å². The van der Waals surface area contributed by atoms with Crippen molar-refractivity contribution in [3.05, 3.63) is 82.1 Å². The second kappa shape index (κ2) is 9.01. The summed E-state index contributed by atoms with van der Waals surface area (Å²) in [7, 11) is 1.57. The minimum Gasteiger partial charge on any atom is -0.497 e. The number of halogens is 1. The van der Waals surface area contributed by atoms with Crippen molar-refractivity contribution >= 4 is 35.1 Å². The van der Waals surface area contributed by atoms with Crippen LogP contribution in [0.3, 0.4) is 0 Å². The number of carbonyl (C=O) groups is 2. The van der Waals surface area contributed by atoms with Gasteiger partial charge in [-0.2, -0.15) is 0 Å². The van der Waals surface area contributed by atoms with Crippen LogP contribution in [0.5, 0.6) is 5.75 Å². The molecule has 5 nitrogen and oxygen atoms in total. The Morgan fingerprint density at radius 1 is 1.07 bits per heavy atom. The van der Waals surface area contributed by atoms with Gasteiger partial charge in [-0.1, -0.05) is 17.7 Å². The lowest BCUT2D eigenvalue weighted by Gasteiger charge is -2.10. The number of hydrogen-bond donors (Lipinski definition) is 1. The van der Waals surface area contributed by atoms with E-state index in [1.807, 2.05) is 48.7 Å². The Morgan fingerprint density at radius 3 is 2.37 bits per heavy atom. The van der Waals surface area contributed by atoms with E-state index in [1.165, 1.54) is 6.92 Å². The Morgan fingerprint density at radius 2 is 1.77 bits per heavy atom. The highest BCUT2D eigenvalue weighted by molar-refractivity contribution is 6.30. The maximum Gasteiger partial charge on any atom is 0.259 e. The normalized spacial score (nSPS) is 11.3. The maximum absolute atomic E-state index is 12.8.